The molecule has 0 aliphatic heterocycles. The van der Waals surface area contributed by atoms with Gasteiger partial charge in [0.05, 0.1) is 18.6 Å². The lowest BCUT2D eigenvalue weighted by molar-refractivity contribution is 0.414. The van der Waals surface area contributed by atoms with Gasteiger partial charge in [-0.2, -0.15) is 0 Å². The van der Waals surface area contributed by atoms with Crippen LogP contribution in [0.4, 0.5) is 0 Å². The van der Waals surface area contributed by atoms with Crippen molar-refractivity contribution in [1.29, 1.82) is 0 Å². The molecule has 0 aromatic heterocycles. The first kappa shape index (κ1) is 24.7. The van der Waals surface area contributed by atoms with E-state index in [1.165, 1.54) is 5.56 Å². The summed E-state index contributed by atoms with van der Waals surface area (Å²) < 4.78 is 33.5. The van der Waals surface area contributed by atoms with Crippen LogP contribution >= 0.6 is 0 Å². The minimum Gasteiger partial charge on any atom is -0.497 e. The van der Waals surface area contributed by atoms with Crippen LogP contribution in [0.15, 0.2) is 58.4 Å². The Bertz CT molecular complexity index is 965. The molecular formula is C23H34N4O3S. The predicted molar refractivity (Wildman–Crippen MR) is 126 cm³/mol. The van der Waals surface area contributed by atoms with E-state index in [1.54, 1.807) is 25.3 Å². The summed E-state index contributed by atoms with van der Waals surface area (Å²) in [5.74, 6) is 1.48. The van der Waals surface area contributed by atoms with Crippen molar-refractivity contribution in [1.82, 2.24) is 15.4 Å². The molecule has 2 aromatic carbocycles. The molecule has 0 aliphatic rings. The van der Waals surface area contributed by atoms with E-state index in [2.05, 4.69) is 20.3 Å². The van der Waals surface area contributed by atoms with E-state index in [-0.39, 0.29) is 11.4 Å². The second-order valence-corrected chi connectivity index (χ2v) is 9.83. The van der Waals surface area contributed by atoms with Crippen LogP contribution in [0.2, 0.25) is 0 Å². The van der Waals surface area contributed by atoms with E-state index in [1.807, 2.05) is 58.0 Å². The van der Waals surface area contributed by atoms with Crippen molar-refractivity contribution in [3.05, 3.63) is 59.7 Å². The van der Waals surface area contributed by atoms with E-state index < -0.39 is 15.6 Å². The maximum absolute atomic E-state index is 12.8. The van der Waals surface area contributed by atoms with Crippen LogP contribution in [0.25, 0.3) is 0 Å². The van der Waals surface area contributed by atoms with E-state index in [0.717, 1.165) is 12.2 Å². The summed E-state index contributed by atoms with van der Waals surface area (Å²) in [5, 5.41) is 6.51. The van der Waals surface area contributed by atoms with Gasteiger partial charge in [-0.3, -0.25) is 0 Å². The Morgan fingerprint density at radius 2 is 1.71 bits per heavy atom. The Labute approximate surface area is 186 Å². The molecule has 0 saturated carbocycles. The maximum atomic E-state index is 12.8. The number of nitrogens with one attached hydrogen (secondary N) is 3. The third-order valence-corrected chi connectivity index (χ3v) is 6.18. The number of sulfonamides is 1. The fourth-order valence-corrected chi connectivity index (χ4v) is 4.63. The van der Waals surface area contributed by atoms with Gasteiger partial charge in [-0.15, -0.1) is 0 Å². The third-order valence-electron chi connectivity index (χ3n) is 4.32. The van der Waals surface area contributed by atoms with Crippen molar-refractivity contribution in [3.63, 3.8) is 0 Å². The van der Waals surface area contributed by atoms with Crippen LogP contribution in [0.3, 0.4) is 0 Å². The number of ether oxygens (including phenoxy) is 1. The number of rotatable bonds is 9. The monoisotopic (exact) mass is 446 g/mol. The minimum absolute atomic E-state index is 0.249. The fourth-order valence-electron chi connectivity index (χ4n) is 2.98. The zero-order chi connectivity index (χ0) is 22.9. The number of methoxy groups -OCH3 is 1. The van der Waals surface area contributed by atoms with Gasteiger partial charge in [-0.25, -0.2) is 18.1 Å². The van der Waals surface area contributed by atoms with Gasteiger partial charge < -0.3 is 15.4 Å². The first-order valence-electron chi connectivity index (χ1n) is 10.4. The van der Waals surface area contributed by atoms with Crippen LogP contribution in [-0.4, -0.2) is 40.1 Å². The SMILES string of the molecule is CCNC(=NCc1ccccc1S(=O)(=O)NC(C)(C)C)NCCc1ccc(OC)cc1. The molecule has 0 spiro atoms. The number of aliphatic imine (C=N–C) groups is 1. The van der Waals surface area contributed by atoms with Crippen molar-refractivity contribution in [3.8, 4) is 5.75 Å². The summed E-state index contributed by atoms with van der Waals surface area (Å²) in [6, 6.07) is 14.9. The lowest BCUT2D eigenvalue weighted by Gasteiger charge is -2.21. The number of nitrogens with zero attached hydrogens (tertiary/aromatic N) is 1. The summed E-state index contributed by atoms with van der Waals surface area (Å²) in [6.45, 7) is 9.11. The quantitative estimate of drug-likeness (QED) is 0.407. The highest BCUT2D eigenvalue weighted by molar-refractivity contribution is 7.89. The first-order valence-corrected chi connectivity index (χ1v) is 11.9. The molecular weight excluding hydrogens is 412 g/mol. The number of guanidine groups is 1. The van der Waals surface area contributed by atoms with Crippen LogP contribution in [0, 0.1) is 0 Å². The Hall–Kier alpha value is -2.58. The van der Waals surface area contributed by atoms with Gasteiger partial charge in [0.25, 0.3) is 0 Å². The molecule has 0 saturated heterocycles. The predicted octanol–water partition coefficient (Wildman–Crippen LogP) is 3.07. The molecule has 0 amide bonds. The molecule has 2 aromatic rings. The second-order valence-electron chi connectivity index (χ2n) is 8.18. The van der Waals surface area contributed by atoms with Crippen LogP contribution in [0.1, 0.15) is 38.8 Å². The topological polar surface area (TPSA) is 91.8 Å². The molecule has 170 valence electrons. The molecule has 0 unspecified atom stereocenters. The van der Waals surface area contributed by atoms with E-state index in [4.69, 9.17) is 4.74 Å². The van der Waals surface area contributed by atoms with E-state index >= 15 is 0 Å². The van der Waals surface area contributed by atoms with Crippen molar-refractivity contribution >= 4 is 16.0 Å². The molecule has 2 rings (SSSR count). The smallest absolute Gasteiger partial charge is 0.241 e. The lowest BCUT2D eigenvalue weighted by atomic mass is 10.1. The highest BCUT2D eigenvalue weighted by atomic mass is 32.2. The molecule has 8 heteroatoms. The van der Waals surface area contributed by atoms with Crippen molar-refractivity contribution < 1.29 is 13.2 Å². The first-order chi connectivity index (χ1) is 14.6. The van der Waals surface area contributed by atoms with E-state index in [9.17, 15) is 8.42 Å². The summed E-state index contributed by atoms with van der Waals surface area (Å²) in [7, 11) is -1.99. The summed E-state index contributed by atoms with van der Waals surface area (Å²) in [6.07, 6.45) is 0.828. The highest BCUT2D eigenvalue weighted by Crippen LogP contribution is 2.18. The molecule has 0 fully saturated rings. The Kier molecular flexibility index (Phi) is 8.88. The molecule has 0 atom stereocenters. The molecule has 7 nitrogen and oxygen atoms in total. The van der Waals surface area contributed by atoms with Crippen LogP contribution in [0.5, 0.6) is 5.75 Å². The normalized spacial score (nSPS) is 12.5. The lowest BCUT2D eigenvalue weighted by Crippen LogP contribution is -2.41. The standard InChI is InChI=1S/C23H34N4O3S/c1-6-24-22(25-16-15-18-11-13-20(30-5)14-12-18)26-17-19-9-7-8-10-21(19)31(28,29)27-23(2,3)4/h7-14,27H,6,15-17H2,1-5H3,(H2,24,25,26). The summed E-state index contributed by atoms with van der Waals surface area (Å²) in [4.78, 5) is 4.85. The van der Waals surface area contributed by atoms with Gasteiger partial charge in [-0.1, -0.05) is 30.3 Å². The molecule has 0 aliphatic carbocycles. The van der Waals surface area contributed by atoms with Gasteiger partial charge in [0.2, 0.25) is 10.0 Å². The Balaban J connectivity index is 2.08. The van der Waals surface area contributed by atoms with Crippen molar-refractivity contribution in [2.45, 2.75) is 51.1 Å². The number of benzene rings is 2. The van der Waals surface area contributed by atoms with Crippen molar-refractivity contribution in [2.24, 2.45) is 4.99 Å². The summed E-state index contributed by atoms with van der Waals surface area (Å²) >= 11 is 0. The van der Waals surface area contributed by atoms with Gasteiger partial charge in [-0.05, 0) is 63.4 Å². The van der Waals surface area contributed by atoms with Crippen LogP contribution < -0.4 is 20.1 Å². The zero-order valence-corrected chi connectivity index (χ0v) is 19.8. The molecule has 31 heavy (non-hydrogen) atoms. The average Bonchev–Trinajstić information content (AvgIpc) is 2.71. The Morgan fingerprint density at radius 1 is 1.03 bits per heavy atom. The minimum atomic E-state index is -3.64. The molecule has 0 radical (unpaired) electrons. The largest absolute Gasteiger partial charge is 0.497 e. The third kappa shape index (κ3) is 8.22. The van der Waals surface area contributed by atoms with Crippen LogP contribution in [-0.2, 0) is 23.0 Å². The average molecular weight is 447 g/mol. The fraction of sp³-hybridized carbons (Fsp3) is 0.435. The Morgan fingerprint density at radius 3 is 2.32 bits per heavy atom. The zero-order valence-electron chi connectivity index (χ0n) is 19.0. The van der Waals surface area contributed by atoms with Gasteiger partial charge in [0.1, 0.15) is 5.75 Å². The molecule has 0 heterocycles. The van der Waals surface area contributed by atoms with Gasteiger partial charge in [0.15, 0.2) is 5.96 Å². The maximum Gasteiger partial charge on any atom is 0.241 e. The van der Waals surface area contributed by atoms with E-state index in [0.29, 0.717) is 24.6 Å². The number of hydrogen-bond donors (Lipinski definition) is 3. The molecule has 3 N–H and O–H groups in total. The number of hydrogen-bond acceptors (Lipinski definition) is 4. The van der Waals surface area contributed by atoms with Gasteiger partial charge >= 0.3 is 0 Å². The van der Waals surface area contributed by atoms with Gasteiger partial charge in [0, 0.05) is 18.6 Å². The highest BCUT2D eigenvalue weighted by Gasteiger charge is 2.24. The summed E-state index contributed by atoms with van der Waals surface area (Å²) in [5.41, 5.74) is 1.27. The second kappa shape index (κ2) is 11.2. The molecule has 0 bridgehead atoms. The van der Waals surface area contributed by atoms with Crippen molar-refractivity contribution in [2.75, 3.05) is 20.2 Å².